The second-order valence-corrected chi connectivity index (χ2v) is 4.74. The minimum absolute atomic E-state index is 0.228. The minimum atomic E-state index is -0.228. The second-order valence-electron chi connectivity index (χ2n) is 3.65. The molecule has 0 aliphatic carbocycles. The molecule has 1 N–H and O–H groups in total. The van der Waals surface area contributed by atoms with Gasteiger partial charge in [-0.3, -0.25) is 0 Å². The van der Waals surface area contributed by atoms with E-state index in [4.69, 9.17) is 0 Å². The first-order valence-electron chi connectivity index (χ1n) is 5.21. The molecule has 2 heteroatoms. The summed E-state index contributed by atoms with van der Waals surface area (Å²) in [6.07, 6.45) is 3.31. The van der Waals surface area contributed by atoms with Crippen LogP contribution in [0, 0.1) is 6.92 Å². The summed E-state index contributed by atoms with van der Waals surface area (Å²) >= 11 is 1.71. The molecule has 0 saturated carbocycles. The fourth-order valence-corrected chi connectivity index (χ4v) is 2.29. The Morgan fingerprint density at radius 1 is 1.53 bits per heavy atom. The lowest BCUT2D eigenvalue weighted by atomic mass is 10.2. The maximum atomic E-state index is 9.64. The van der Waals surface area contributed by atoms with Gasteiger partial charge in [-0.2, -0.15) is 0 Å². The molecule has 0 aliphatic heterocycles. The van der Waals surface area contributed by atoms with E-state index in [9.17, 15) is 5.11 Å². The summed E-state index contributed by atoms with van der Waals surface area (Å²) in [6.45, 7) is 5.73. The Morgan fingerprint density at radius 2 is 2.33 bits per heavy atom. The van der Waals surface area contributed by atoms with Crippen molar-refractivity contribution in [3.63, 3.8) is 0 Å². The van der Waals surface area contributed by atoms with Gasteiger partial charge in [0.25, 0.3) is 0 Å². The molecule has 0 radical (unpaired) electrons. The third kappa shape index (κ3) is 5.05. The fraction of sp³-hybridized carbons (Fsp3) is 0.385. The van der Waals surface area contributed by atoms with Crippen LogP contribution in [0.2, 0.25) is 0 Å². The predicted octanol–water partition coefficient (Wildman–Crippen LogP) is 3.41. The zero-order chi connectivity index (χ0) is 11.1. The van der Waals surface area contributed by atoms with Crippen LogP contribution in [0.5, 0.6) is 0 Å². The van der Waals surface area contributed by atoms with E-state index < -0.39 is 0 Å². The molecule has 82 valence electrons. The zero-order valence-corrected chi connectivity index (χ0v) is 9.96. The summed E-state index contributed by atoms with van der Waals surface area (Å²) in [5, 5.41) is 9.64. The van der Waals surface area contributed by atoms with Crippen LogP contribution in [0.15, 0.2) is 41.8 Å². The molecule has 0 saturated heterocycles. The molecule has 0 heterocycles. The quantitative estimate of drug-likeness (QED) is 0.588. The fourth-order valence-electron chi connectivity index (χ4n) is 1.29. The van der Waals surface area contributed by atoms with Gasteiger partial charge in [0.2, 0.25) is 0 Å². The Hall–Kier alpha value is -0.730. The van der Waals surface area contributed by atoms with E-state index in [1.807, 2.05) is 12.1 Å². The molecule has 1 nitrogen and oxygen atoms in total. The van der Waals surface area contributed by atoms with Crippen LogP contribution in [0.4, 0.5) is 0 Å². The lowest BCUT2D eigenvalue weighted by Gasteiger charge is -2.08. The number of rotatable bonds is 6. The van der Waals surface area contributed by atoms with Crippen LogP contribution in [-0.2, 0) is 0 Å². The van der Waals surface area contributed by atoms with Crippen LogP contribution in [0.3, 0.4) is 0 Å². The third-order valence-electron chi connectivity index (χ3n) is 2.14. The molecule has 0 aliphatic rings. The third-order valence-corrected chi connectivity index (χ3v) is 3.27. The van der Waals surface area contributed by atoms with Crippen molar-refractivity contribution in [3.05, 3.63) is 42.5 Å². The number of aliphatic hydroxyl groups is 1. The van der Waals surface area contributed by atoms with Crippen LogP contribution in [-0.4, -0.2) is 17.0 Å². The standard InChI is InChI=1S/C13H18OS/c1-3-4-7-12(14)10-15-13-8-5-6-11(2)9-13/h3,5-6,8-9,12,14H,1,4,7,10H2,2H3. The smallest absolute Gasteiger partial charge is 0.0637 e. The largest absolute Gasteiger partial charge is 0.392 e. The maximum Gasteiger partial charge on any atom is 0.0637 e. The number of allylic oxidation sites excluding steroid dienone is 1. The first kappa shape index (κ1) is 12.3. The number of hydrogen-bond acceptors (Lipinski definition) is 2. The van der Waals surface area contributed by atoms with Gasteiger partial charge in [0.05, 0.1) is 6.10 Å². The van der Waals surface area contributed by atoms with Crippen molar-refractivity contribution in [2.75, 3.05) is 5.75 Å². The Morgan fingerprint density at radius 3 is 3.00 bits per heavy atom. The highest BCUT2D eigenvalue weighted by Gasteiger charge is 2.03. The maximum absolute atomic E-state index is 9.64. The van der Waals surface area contributed by atoms with Gasteiger partial charge in [0, 0.05) is 10.6 Å². The molecular weight excluding hydrogens is 204 g/mol. The Bertz CT molecular complexity index is 309. The molecule has 0 fully saturated rings. The van der Waals surface area contributed by atoms with Crippen molar-refractivity contribution in [2.24, 2.45) is 0 Å². The summed E-state index contributed by atoms with van der Waals surface area (Å²) in [4.78, 5) is 1.23. The van der Waals surface area contributed by atoms with E-state index >= 15 is 0 Å². The van der Waals surface area contributed by atoms with E-state index in [1.165, 1.54) is 10.5 Å². The minimum Gasteiger partial charge on any atom is -0.392 e. The van der Waals surface area contributed by atoms with Gasteiger partial charge in [-0.25, -0.2) is 0 Å². The average Bonchev–Trinajstić information content (AvgIpc) is 2.23. The van der Waals surface area contributed by atoms with Gasteiger partial charge in [-0.05, 0) is 31.9 Å². The van der Waals surface area contributed by atoms with Crippen molar-refractivity contribution in [2.45, 2.75) is 30.8 Å². The first-order chi connectivity index (χ1) is 7.22. The SMILES string of the molecule is C=CCCC(O)CSc1cccc(C)c1. The highest BCUT2D eigenvalue weighted by atomic mass is 32.2. The summed E-state index contributed by atoms with van der Waals surface area (Å²) in [6, 6.07) is 8.36. The highest BCUT2D eigenvalue weighted by Crippen LogP contribution is 2.20. The van der Waals surface area contributed by atoms with E-state index in [-0.39, 0.29) is 6.10 Å². The molecule has 15 heavy (non-hydrogen) atoms. The monoisotopic (exact) mass is 222 g/mol. The van der Waals surface area contributed by atoms with E-state index in [1.54, 1.807) is 11.8 Å². The predicted molar refractivity (Wildman–Crippen MR) is 67.3 cm³/mol. The van der Waals surface area contributed by atoms with Gasteiger partial charge < -0.3 is 5.11 Å². The first-order valence-corrected chi connectivity index (χ1v) is 6.19. The lowest BCUT2D eigenvalue weighted by molar-refractivity contribution is 0.190. The Kier molecular flexibility index (Phi) is 5.51. The molecule has 0 amide bonds. The second kappa shape index (κ2) is 6.70. The van der Waals surface area contributed by atoms with Gasteiger partial charge >= 0.3 is 0 Å². The summed E-state index contributed by atoms with van der Waals surface area (Å²) < 4.78 is 0. The molecule has 0 aromatic heterocycles. The van der Waals surface area contributed by atoms with Crippen molar-refractivity contribution in [1.82, 2.24) is 0 Å². The van der Waals surface area contributed by atoms with Gasteiger partial charge in [0.15, 0.2) is 0 Å². The molecule has 0 bridgehead atoms. The number of aryl methyl sites for hydroxylation is 1. The van der Waals surface area contributed by atoms with Gasteiger partial charge in [-0.15, -0.1) is 18.3 Å². The van der Waals surface area contributed by atoms with E-state index in [0.29, 0.717) is 0 Å². The molecule has 1 rings (SSSR count). The summed E-state index contributed by atoms with van der Waals surface area (Å²) in [5.41, 5.74) is 1.26. The molecular formula is C13H18OS. The molecule has 1 aromatic rings. The highest BCUT2D eigenvalue weighted by molar-refractivity contribution is 7.99. The van der Waals surface area contributed by atoms with Gasteiger partial charge in [-0.1, -0.05) is 23.8 Å². The van der Waals surface area contributed by atoms with Crippen molar-refractivity contribution in [3.8, 4) is 0 Å². The average molecular weight is 222 g/mol. The zero-order valence-electron chi connectivity index (χ0n) is 9.15. The Balaban J connectivity index is 2.33. The van der Waals surface area contributed by atoms with Crippen molar-refractivity contribution < 1.29 is 5.11 Å². The number of aliphatic hydroxyl groups excluding tert-OH is 1. The Labute approximate surface area is 96.2 Å². The lowest BCUT2D eigenvalue weighted by Crippen LogP contribution is -2.08. The summed E-state index contributed by atoms with van der Waals surface area (Å²) in [5.74, 6) is 0.761. The van der Waals surface area contributed by atoms with Crippen LogP contribution in [0.25, 0.3) is 0 Å². The van der Waals surface area contributed by atoms with Gasteiger partial charge in [0.1, 0.15) is 0 Å². The normalized spacial score (nSPS) is 12.4. The topological polar surface area (TPSA) is 20.2 Å². The molecule has 0 spiro atoms. The van der Waals surface area contributed by atoms with Crippen LogP contribution < -0.4 is 0 Å². The number of thioether (sulfide) groups is 1. The number of benzene rings is 1. The van der Waals surface area contributed by atoms with E-state index in [0.717, 1.165) is 18.6 Å². The number of hydrogen-bond donors (Lipinski definition) is 1. The molecule has 1 unspecified atom stereocenters. The van der Waals surface area contributed by atoms with Crippen molar-refractivity contribution in [1.29, 1.82) is 0 Å². The van der Waals surface area contributed by atoms with Crippen LogP contribution >= 0.6 is 11.8 Å². The van der Waals surface area contributed by atoms with Crippen LogP contribution in [0.1, 0.15) is 18.4 Å². The van der Waals surface area contributed by atoms with E-state index in [2.05, 4.69) is 31.7 Å². The molecule has 1 atom stereocenters. The summed E-state index contributed by atoms with van der Waals surface area (Å²) in [7, 11) is 0. The van der Waals surface area contributed by atoms with Crippen molar-refractivity contribution >= 4 is 11.8 Å². The molecule has 1 aromatic carbocycles.